The highest BCUT2D eigenvalue weighted by molar-refractivity contribution is 6.01. The molecule has 7 nitrogen and oxygen atoms in total. The molecule has 0 spiro atoms. The molecule has 3 N–H and O–H groups in total. The highest BCUT2D eigenvalue weighted by atomic mass is 16.2. The Balaban J connectivity index is 0.00000109. The first-order valence-corrected chi connectivity index (χ1v) is 8.58. The molecule has 0 fully saturated rings. The first kappa shape index (κ1) is 18.6. The van der Waals surface area contributed by atoms with Crippen molar-refractivity contribution in [3.63, 3.8) is 0 Å². The highest BCUT2D eigenvalue weighted by Gasteiger charge is 2.28. The lowest BCUT2D eigenvalue weighted by Gasteiger charge is -2.31. The van der Waals surface area contributed by atoms with Crippen LogP contribution >= 0.6 is 0 Å². The predicted octanol–water partition coefficient (Wildman–Crippen LogP) is 2.87. The van der Waals surface area contributed by atoms with Gasteiger partial charge in [0.15, 0.2) is 5.82 Å². The lowest BCUT2D eigenvalue weighted by Crippen LogP contribution is -2.39. The normalized spacial score (nSPS) is 13.0. The molecule has 0 bridgehead atoms. The summed E-state index contributed by atoms with van der Waals surface area (Å²) in [6, 6.07) is 3.74. The van der Waals surface area contributed by atoms with Crippen molar-refractivity contribution in [3.8, 4) is 0 Å². The average Bonchev–Trinajstić information content (AvgIpc) is 2.58. The Labute approximate surface area is 148 Å². The maximum Gasteiger partial charge on any atom is 0.244 e. The van der Waals surface area contributed by atoms with Crippen molar-refractivity contribution >= 4 is 23.2 Å². The molecule has 1 aliphatic heterocycles. The monoisotopic (exact) mass is 342 g/mol. The van der Waals surface area contributed by atoms with Gasteiger partial charge in [-0.05, 0) is 18.9 Å². The minimum absolute atomic E-state index is 0.0747. The van der Waals surface area contributed by atoms with E-state index in [1.54, 1.807) is 6.20 Å². The van der Waals surface area contributed by atoms with Gasteiger partial charge >= 0.3 is 0 Å². The highest BCUT2D eigenvalue weighted by Crippen LogP contribution is 2.34. The summed E-state index contributed by atoms with van der Waals surface area (Å²) in [5, 5.41) is 2.91. The van der Waals surface area contributed by atoms with Gasteiger partial charge < -0.3 is 16.0 Å². The summed E-state index contributed by atoms with van der Waals surface area (Å²) in [6.45, 7) is 10.7. The fourth-order valence-electron chi connectivity index (χ4n) is 2.69. The molecule has 0 radical (unpaired) electrons. The van der Waals surface area contributed by atoms with E-state index >= 15 is 0 Å². The van der Waals surface area contributed by atoms with E-state index in [4.69, 9.17) is 5.73 Å². The van der Waals surface area contributed by atoms with Gasteiger partial charge in [-0.2, -0.15) is 0 Å². The number of rotatable bonds is 3. The molecule has 0 saturated carbocycles. The average molecular weight is 342 g/mol. The van der Waals surface area contributed by atoms with Crippen molar-refractivity contribution in [2.24, 2.45) is 0 Å². The zero-order valence-corrected chi connectivity index (χ0v) is 15.5. The molecule has 0 saturated heterocycles. The van der Waals surface area contributed by atoms with E-state index < -0.39 is 0 Å². The van der Waals surface area contributed by atoms with Crippen LogP contribution < -0.4 is 16.0 Å². The number of nitrogens with one attached hydrogen (secondary N) is 1. The minimum Gasteiger partial charge on any atom is -0.383 e. The number of aryl methyl sites for hydroxylation is 1. The van der Waals surface area contributed by atoms with Crippen LogP contribution in [0, 0.1) is 6.92 Å². The summed E-state index contributed by atoms with van der Waals surface area (Å²) in [4.78, 5) is 27.2. The van der Waals surface area contributed by atoms with Gasteiger partial charge in [-0.3, -0.25) is 4.79 Å². The van der Waals surface area contributed by atoms with Gasteiger partial charge in [0.25, 0.3) is 0 Å². The number of amides is 1. The Morgan fingerprint density at radius 3 is 2.68 bits per heavy atom. The molecule has 0 aliphatic carbocycles. The number of fused-ring (bicyclic) bond motifs is 1. The molecular formula is C18H26N6O. The third-order valence-electron chi connectivity index (χ3n) is 3.76. The quantitative estimate of drug-likeness (QED) is 0.890. The smallest absolute Gasteiger partial charge is 0.244 e. The molecule has 0 unspecified atom stereocenters. The Morgan fingerprint density at radius 2 is 2.04 bits per heavy atom. The Bertz CT molecular complexity index is 759. The third-order valence-corrected chi connectivity index (χ3v) is 3.76. The second kappa shape index (κ2) is 7.92. The molecule has 1 aliphatic rings. The zero-order valence-electron chi connectivity index (χ0n) is 15.5. The first-order chi connectivity index (χ1) is 12.0. The lowest BCUT2D eigenvalue weighted by molar-refractivity contribution is -0.115. The molecule has 0 atom stereocenters. The van der Waals surface area contributed by atoms with Crippen LogP contribution in [0.4, 0.5) is 17.3 Å². The van der Waals surface area contributed by atoms with Gasteiger partial charge in [0.05, 0.1) is 12.2 Å². The predicted molar refractivity (Wildman–Crippen MR) is 101 cm³/mol. The van der Waals surface area contributed by atoms with E-state index in [1.165, 1.54) is 0 Å². The second-order valence-electron chi connectivity index (χ2n) is 5.96. The van der Waals surface area contributed by atoms with Gasteiger partial charge in [0.2, 0.25) is 5.91 Å². The summed E-state index contributed by atoms with van der Waals surface area (Å²) in [7, 11) is 0. The van der Waals surface area contributed by atoms with Gasteiger partial charge in [-0.1, -0.05) is 33.8 Å². The van der Waals surface area contributed by atoms with Crippen molar-refractivity contribution in [1.29, 1.82) is 0 Å². The fraction of sp³-hybridized carbons (Fsp3) is 0.444. The molecule has 0 aromatic carbocycles. The van der Waals surface area contributed by atoms with E-state index in [2.05, 4.69) is 20.3 Å². The number of nitrogens with two attached hydrogens (primary N) is 1. The number of anilines is 3. The van der Waals surface area contributed by atoms with Crippen molar-refractivity contribution in [2.75, 3.05) is 22.5 Å². The van der Waals surface area contributed by atoms with E-state index in [0.717, 1.165) is 17.1 Å². The number of nitrogens with zero attached hydrogens (tertiary/aromatic N) is 4. The molecule has 3 heterocycles. The van der Waals surface area contributed by atoms with E-state index in [9.17, 15) is 4.79 Å². The Kier molecular flexibility index (Phi) is 5.90. The van der Waals surface area contributed by atoms with Crippen LogP contribution in [0.25, 0.3) is 0 Å². The lowest BCUT2D eigenvalue weighted by atomic mass is 10.1. The second-order valence-corrected chi connectivity index (χ2v) is 5.96. The van der Waals surface area contributed by atoms with Crippen LogP contribution in [0.15, 0.2) is 18.3 Å². The number of aromatic nitrogens is 3. The van der Waals surface area contributed by atoms with Crippen molar-refractivity contribution in [3.05, 3.63) is 35.4 Å². The Hall–Kier alpha value is -2.70. The number of nitrogen functional groups attached to an aromatic ring is 1. The zero-order chi connectivity index (χ0) is 18.6. The van der Waals surface area contributed by atoms with Crippen LogP contribution in [0.3, 0.4) is 0 Å². The first-order valence-electron chi connectivity index (χ1n) is 8.58. The Morgan fingerprint density at radius 1 is 1.32 bits per heavy atom. The van der Waals surface area contributed by atoms with Gasteiger partial charge in [-0.15, -0.1) is 0 Å². The van der Waals surface area contributed by atoms with Gasteiger partial charge in [0.1, 0.15) is 17.3 Å². The summed E-state index contributed by atoms with van der Waals surface area (Å²) in [6.07, 6.45) is 1.65. The van der Waals surface area contributed by atoms with Crippen LogP contribution in [0.2, 0.25) is 0 Å². The van der Waals surface area contributed by atoms with Gasteiger partial charge in [-0.25, -0.2) is 15.0 Å². The number of hydrogen-bond donors (Lipinski definition) is 2. The molecule has 3 rings (SSSR count). The van der Waals surface area contributed by atoms with E-state index in [-0.39, 0.29) is 18.4 Å². The largest absolute Gasteiger partial charge is 0.383 e. The number of carbonyl (C=O) groups is 1. The molecule has 25 heavy (non-hydrogen) atoms. The molecule has 2 aromatic rings. The fourth-order valence-corrected chi connectivity index (χ4v) is 2.69. The van der Waals surface area contributed by atoms with Crippen molar-refractivity contribution in [2.45, 2.75) is 47.1 Å². The molecule has 134 valence electrons. The molecule has 1 amide bonds. The third kappa shape index (κ3) is 4.04. The maximum absolute atomic E-state index is 12.1. The van der Waals surface area contributed by atoms with Crippen molar-refractivity contribution in [1.82, 2.24) is 15.0 Å². The SMILES string of the molecule is CC.Cc1nc(C(C)C)c2c(n1)N(Cc1cccnc1N)CC(=O)N2. The van der Waals surface area contributed by atoms with E-state index in [1.807, 2.05) is 51.7 Å². The molecule has 2 aromatic heterocycles. The van der Waals surface area contributed by atoms with Crippen LogP contribution in [-0.4, -0.2) is 27.4 Å². The topological polar surface area (TPSA) is 97.0 Å². The van der Waals surface area contributed by atoms with Crippen LogP contribution in [0.1, 0.15) is 50.7 Å². The van der Waals surface area contributed by atoms with Crippen LogP contribution in [0.5, 0.6) is 0 Å². The number of hydrogen-bond acceptors (Lipinski definition) is 6. The molecule has 7 heteroatoms. The number of pyridine rings is 1. The minimum atomic E-state index is -0.0747. The summed E-state index contributed by atoms with van der Waals surface area (Å²) < 4.78 is 0. The van der Waals surface area contributed by atoms with Gasteiger partial charge in [0, 0.05) is 18.3 Å². The molecular weight excluding hydrogens is 316 g/mol. The van der Waals surface area contributed by atoms with E-state index in [0.29, 0.717) is 23.9 Å². The summed E-state index contributed by atoms with van der Waals surface area (Å²) >= 11 is 0. The summed E-state index contributed by atoms with van der Waals surface area (Å²) in [5.41, 5.74) is 8.35. The maximum atomic E-state index is 12.1. The van der Waals surface area contributed by atoms with Crippen molar-refractivity contribution < 1.29 is 4.79 Å². The number of carbonyl (C=O) groups excluding carboxylic acids is 1. The standard InChI is InChI=1S/C16H20N6O.C2H6/c1-9(2)13-14-16(20-10(3)19-13)22(8-12(23)21-14)7-11-5-4-6-18-15(11)17;1-2/h4-6,9H,7-8H2,1-3H3,(H2,17,18)(H,21,23);1-2H3. The van der Waals surface area contributed by atoms with Crippen LogP contribution in [-0.2, 0) is 11.3 Å². The summed E-state index contributed by atoms with van der Waals surface area (Å²) in [5.74, 6) is 2.01.